The molecule has 0 amide bonds. The SMILES string of the molecule is Cc1cccc(S(=O)(=O)N2CCCC(CCl)C2)c1. The molecule has 1 aromatic carbocycles. The van der Waals surface area contributed by atoms with Crippen molar-refractivity contribution in [1.29, 1.82) is 0 Å². The van der Waals surface area contributed by atoms with E-state index in [0.29, 0.717) is 23.9 Å². The van der Waals surface area contributed by atoms with Crippen LogP contribution in [0.1, 0.15) is 18.4 Å². The Balaban J connectivity index is 2.25. The van der Waals surface area contributed by atoms with Crippen molar-refractivity contribution in [2.75, 3.05) is 19.0 Å². The normalized spacial score (nSPS) is 22.0. The Morgan fingerprint density at radius 3 is 2.89 bits per heavy atom. The summed E-state index contributed by atoms with van der Waals surface area (Å²) >= 11 is 5.85. The summed E-state index contributed by atoms with van der Waals surface area (Å²) in [5.41, 5.74) is 0.960. The van der Waals surface area contributed by atoms with Crippen LogP contribution in [0.3, 0.4) is 0 Å². The van der Waals surface area contributed by atoms with Gasteiger partial charge in [-0.25, -0.2) is 8.42 Å². The maximum absolute atomic E-state index is 12.5. The lowest BCUT2D eigenvalue weighted by Gasteiger charge is -2.30. The zero-order valence-corrected chi connectivity index (χ0v) is 12.0. The number of alkyl halides is 1. The van der Waals surface area contributed by atoms with Gasteiger partial charge >= 0.3 is 0 Å². The molecule has 1 fully saturated rings. The van der Waals surface area contributed by atoms with Crippen molar-refractivity contribution in [3.63, 3.8) is 0 Å². The highest BCUT2D eigenvalue weighted by Gasteiger charge is 2.29. The zero-order valence-electron chi connectivity index (χ0n) is 10.5. The summed E-state index contributed by atoms with van der Waals surface area (Å²) in [6.45, 7) is 3.04. The highest BCUT2D eigenvalue weighted by atomic mass is 35.5. The van der Waals surface area contributed by atoms with Crippen molar-refractivity contribution in [3.05, 3.63) is 29.8 Å². The predicted octanol–water partition coefficient (Wildman–Crippen LogP) is 2.63. The molecule has 3 nitrogen and oxygen atoms in total. The summed E-state index contributed by atoms with van der Waals surface area (Å²) in [6.07, 6.45) is 1.91. The summed E-state index contributed by atoms with van der Waals surface area (Å²) in [4.78, 5) is 0.387. The molecular weight excluding hydrogens is 270 g/mol. The van der Waals surface area contributed by atoms with E-state index in [2.05, 4.69) is 0 Å². The topological polar surface area (TPSA) is 37.4 Å². The summed E-state index contributed by atoms with van der Waals surface area (Å²) in [6, 6.07) is 7.06. The maximum Gasteiger partial charge on any atom is 0.243 e. The Morgan fingerprint density at radius 1 is 1.44 bits per heavy atom. The van der Waals surface area contributed by atoms with Gasteiger partial charge in [0.05, 0.1) is 4.90 Å². The minimum atomic E-state index is -3.35. The first-order valence-electron chi connectivity index (χ1n) is 6.17. The summed E-state index contributed by atoms with van der Waals surface area (Å²) in [5, 5.41) is 0. The number of halogens is 1. The second-order valence-electron chi connectivity index (χ2n) is 4.84. The monoisotopic (exact) mass is 287 g/mol. The number of sulfonamides is 1. The molecule has 0 N–H and O–H groups in total. The third-order valence-corrected chi connectivity index (χ3v) is 5.62. The molecule has 100 valence electrons. The molecule has 5 heteroatoms. The highest BCUT2D eigenvalue weighted by molar-refractivity contribution is 7.89. The average molecular weight is 288 g/mol. The van der Waals surface area contributed by atoms with Crippen LogP contribution in [0.4, 0.5) is 0 Å². The lowest BCUT2D eigenvalue weighted by Crippen LogP contribution is -2.40. The first-order valence-corrected chi connectivity index (χ1v) is 8.14. The molecule has 0 aliphatic carbocycles. The molecule has 0 radical (unpaired) electrons. The van der Waals surface area contributed by atoms with E-state index in [1.807, 2.05) is 13.0 Å². The van der Waals surface area contributed by atoms with Crippen molar-refractivity contribution in [2.24, 2.45) is 5.92 Å². The minimum Gasteiger partial charge on any atom is -0.207 e. The van der Waals surface area contributed by atoms with Crippen molar-refractivity contribution in [2.45, 2.75) is 24.7 Å². The molecule has 1 atom stereocenters. The van der Waals surface area contributed by atoms with Gasteiger partial charge in [-0.2, -0.15) is 4.31 Å². The molecule has 0 aromatic heterocycles. The summed E-state index contributed by atoms with van der Waals surface area (Å²) < 4.78 is 26.5. The number of hydrogen-bond acceptors (Lipinski definition) is 2. The molecule has 18 heavy (non-hydrogen) atoms. The molecule has 0 bridgehead atoms. The van der Waals surface area contributed by atoms with Gasteiger partial charge in [-0.15, -0.1) is 11.6 Å². The van der Waals surface area contributed by atoms with Gasteiger partial charge in [0.15, 0.2) is 0 Å². The van der Waals surface area contributed by atoms with E-state index < -0.39 is 10.0 Å². The Labute approximate surface area is 114 Å². The van der Waals surface area contributed by atoms with Crippen LogP contribution in [0.5, 0.6) is 0 Å². The number of hydrogen-bond donors (Lipinski definition) is 0. The smallest absolute Gasteiger partial charge is 0.207 e. The molecule has 1 aliphatic heterocycles. The molecule has 1 unspecified atom stereocenters. The molecule has 2 rings (SSSR count). The highest BCUT2D eigenvalue weighted by Crippen LogP contribution is 2.24. The van der Waals surface area contributed by atoms with Crippen LogP contribution in [-0.2, 0) is 10.0 Å². The van der Waals surface area contributed by atoms with Crippen molar-refractivity contribution in [1.82, 2.24) is 4.31 Å². The fraction of sp³-hybridized carbons (Fsp3) is 0.538. The fourth-order valence-corrected chi connectivity index (χ4v) is 4.21. The van der Waals surface area contributed by atoms with Crippen molar-refractivity contribution in [3.8, 4) is 0 Å². The lowest BCUT2D eigenvalue weighted by molar-refractivity contribution is 0.283. The number of rotatable bonds is 3. The standard InChI is InChI=1S/C13H18ClNO2S/c1-11-4-2-6-13(8-11)18(16,17)15-7-3-5-12(9-14)10-15/h2,4,6,8,12H,3,5,7,9-10H2,1H3. The van der Waals surface area contributed by atoms with Gasteiger partial charge in [-0.1, -0.05) is 12.1 Å². The average Bonchev–Trinajstić information content (AvgIpc) is 2.39. The van der Waals surface area contributed by atoms with Crippen LogP contribution in [-0.4, -0.2) is 31.7 Å². The number of piperidine rings is 1. The van der Waals surface area contributed by atoms with E-state index in [4.69, 9.17) is 11.6 Å². The van der Waals surface area contributed by atoms with Crippen LogP contribution in [0.25, 0.3) is 0 Å². The van der Waals surface area contributed by atoms with Crippen LogP contribution < -0.4 is 0 Å². The molecule has 0 spiro atoms. The molecule has 1 saturated heterocycles. The molecular formula is C13H18ClNO2S. The summed E-state index contributed by atoms with van der Waals surface area (Å²) in [7, 11) is -3.35. The Hall–Kier alpha value is -0.580. The van der Waals surface area contributed by atoms with Gasteiger partial charge in [-0.05, 0) is 43.4 Å². The van der Waals surface area contributed by atoms with E-state index in [-0.39, 0.29) is 5.92 Å². The van der Waals surface area contributed by atoms with Gasteiger partial charge in [0, 0.05) is 19.0 Å². The Kier molecular flexibility index (Phi) is 4.30. The van der Waals surface area contributed by atoms with Crippen LogP contribution in [0.2, 0.25) is 0 Å². The van der Waals surface area contributed by atoms with Gasteiger partial charge in [0.1, 0.15) is 0 Å². The Bertz CT molecular complexity index is 515. The number of aryl methyl sites for hydroxylation is 1. The van der Waals surface area contributed by atoms with E-state index in [1.165, 1.54) is 0 Å². The first-order chi connectivity index (χ1) is 8.54. The van der Waals surface area contributed by atoms with Crippen molar-refractivity contribution < 1.29 is 8.42 Å². The fourth-order valence-electron chi connectivity index (χ4n) is 2.30. The summed E-state index contributed by atoms with van der Waals surface area (Å²) in [5.74, 6) is 0.805. The Morgan fingerprint density at radius 2 is 2.22 bits per heavy atom. The van der Waals surface area contributed by atoms with Gasteiger partial charge in [0.2, 0.25) is 10.0 Å². The quantitative estimate of drug-likeness (QED) is 0.802. The molecule has 1 aliphatic rings. The van der Waals surface area contributed by atoms with Crippen LogP contribution in [0, 0.1) is 12.8 Å². The number of nitrogens with zero attached hydrogens (tertiary/aromatic N) is 1. The number of benzene rings is 1. The minimum absolute atomic E-state index is 0.278. The van der Waals surface area contributed by atoms with E-state index >= 15 is 0 Å². The third kappa shape index (κ3) is 2.87. The van der Waals surface area contributed by atoms with Gasteiger partial charge in [0.25, 0.3) is 0 Å². The first kappa shape index (κ1) is 13.8. The van der Waals surface area contributed by atoms with Gasteiger partial charge < -0.3 is 0 Å². The third-order valence-electron chi connectivity index (χ3n) is 3.33. The maximum atomic E-state index is 12.5. The van der Waals surface area contributed by atoms with Gasteiger partial charge in [-0.3, -0.25) is 0 Å². The van der Waals surface area contributed by atoms with E-state index in [0.717, 1.165) is 18.4 Å². The van der Waals surface area contributed by atoms with Crippen LogP contribution in [0.15, 0.2) is 29.2 Å². The predicted molar refractivity (Wildman–Crippen MR) is 73.4 cm³/mol. The molecule has 0 saturated carbocycles. The molecule has 1 aromatic rings. The van der Waals surface area contributed by atoms with Crippen molar-refractivity contribution >= 4 is 21.6 Å². The molecule has 1 heterocycles. The van der Waals surface area contributed by atoms with Crippen LogP contribution >= 0.6 is 11.6 Å². The van der Waals surface area contributed by atoms with E-state index in [9.17, 15) is 8.42 Å². The largest absolute Gasteiger partial charge is 0.243 e. The zero-order chi connectivity index (χ0) is 13.2. The second kappa shape index (κ2) is 5.59. The second-order valence-corrected chi connectivity index (χ2v) is 7.09. The lowest BCUT2D eigenvalue weighted by atomic mass is 10.0. The van der Waals surface area contributed by atoms with E-state index in [1.54, 1.807) is 22.5 Å².